The maximum Gasteiger partial charge on any atom is 0.416 e. The molecule has 0 saturated heterocycles. The summed E-state index contributed by atoms with van der Waals surface area (Å²) in [6, 6.07) is 8.74. The van der Waals surface area contributed by atoms with Gasteiger partial charge in [-0.05, 0) is 53.2 Å². The van der Waals surface area contributed by atoms with Crippen LogP contribution in [0.5, 0.6) is 5.75 Å². The molecule has 1 heterocycles. The summed E-state index contributed by atoms with van der Waals surface area (Å²) < 4.78 is 44.6. The summed E-state index contributed by atoms with van der Waals surface area (Å²) >= 11 is 0. The first-order valence-corrected chi connectivity index (χ1v) is 7.58. The van der Waals surface area contributed by atoms with Crippen LogP contribution in [-0.2, 0) is 12.8 Å². The van der Waals surface area contributed by atoms with Crippen LogP contribution in [0, 0.1) is 17.0 Å². The third-order valence-corrected chi connectivity index (χ3v) is 3.64. The fourth-order valence-electron chi connectivity index (χ4n) is 2.32. The van der Waals surface area contributed by atoms with Crippen molar-refractivity contribution in [1.82, 2.24) is 20.2 Å². The lowest BCUT2D eigenvalue weighted by Crippen LogP contribution is -2.09. The molecular formula is C16H12F3N5O3. The van der Waals surface area contributed by atoms with Crippen LogP contribution >= 0.6 is 0 Å². The van der Waals surface area contributed by atoms with Crippen molar-refractivity contribution in [1.29, 1.82) is 0 Å². The second-order valence-electron chi connectivity index (χ2n) is 5.57. The molecule has 8 nitrogen and oxygen atoms in total. The number of tetrazole rings is 1. The molecule has 0 N–H and O–H groups in total. The lowest BCUT2D eigenvalue weighted by molar-refractivity contribution is -0.386. The number of ether oxygens (including phenoxy) is 1. The Hall–Kier alpha value is -3.50. The molecule has 0 bridgehead atoms. The highest BCUT2D eigenvalue weighted by Gasteiger charge is 2.30. The first-order valence-electron chi connectivity index (χ1n) is 7.58. The van der Waals surface area contributed by atoms with Crippen molar-refractivity contribution >= 4 is 5.69 Å². The monoisotopic (exact) mass is 379 g/mol. The molecule has 0 spiro atoms. The lowest BCUT2D eigenvalue weighted by Gasteiger charge is -2.09. The van der Waals surface area contributed by atoms with Gasteiger partial charge in [0.1, 0.15) is 0 Å². The van der Waals surface area contributed by atoms with Crippen LogP contribution in [-0.4, -0.2) is 25.1 Å². The molecule has 0 aliphatic heterocycles. The van der Waals surface area contributed by atoms with Gasteiger partial charge in [0.05, 0.1) is 16.2 Å². The van der Waals surface area contributed by atoms with E-state index >= 15 is 0 Å². The van der Waals surface area contributed by atoms with Crippen LogP contribution in [0.2, 0.25) is 0 Å². The van der Waals surface area contributed by atoms with Crippen LogP contribution in [0.15, 0.2) is 42.5 Å². The molecular weight excluding hydrogens is 367 g/mol. The van der Waals surface area contributed by atoms with Crippen molar-refractivity contribution < 1.29 is 22.8 Å². The first kappa shape index (κ1) is 18.3. The maximum absolute atomic E-state index is 12.7. The molecule has 0 amide bonds. The normalized spacial score (nSPS) is 11.4. The Bertz CT molecular complexity index is 970. The number of rotatable bonds is 5. The Morgan fingerprint density at radius 1 is 1.19 bits per heavy atom. The number of nitro groups is 1. The average Bonchev–Trinajstić information content (AvgIpc) is 3.08. The standard InChI is InChI=1S/C16H12F3N5O3/c1-10-2-7-14(13(8-10)24(25)26)27-9-15-20-21-22-23(15)12-5-3-11(4-6-12)16(17,18)19/h2-8H,9H2,1H3. The Morgan fingerprint density at radius 2 is 1.89 bits per heavy atom. The predicted molar refractivity (Wildman–Crippen MR) is 86.3 cm³/mol. The highest BCUT2D eigenvalue weighted by molar-refractivity contribution is 5.48. The lowest BCUT2D eigenvalue weighted by atomic mass is 10.2. The highest BCUT2D eigenvalue weighted by atomic mass is 19.4. The van der Waals surface area contributed by atoms with E-state index in [4.69, 9.17) is 4.74 Å². The van der Waals surface area contributed by atoms with Gasteiger partial charge in [0, 0.05) is 6.07 Å². The minimum atomic E-state index is -4.45. The molecule has 1 aromatic heterocycles. The van der Waals surface area contributed by atoms with Gasteiger partial charge in [-0.15, -0.1) is 5.10 Å². The number of hydrogen-bond acceptors (Lipinski definition) is 6. The van der Waals surface area contributed by atoms with Crippen molar-refractivity contribution in [2.45, 2.75) is 19.7 Å². The molecule has 0 unspecified atom stereocenters. The molecule has 0 aliphatic rings. The highest BCUT2D eigenvalue weighted by Crippen LogP contribution is 2.30. The topological polar surface area (TPSA) is 96.0 Å². The Morgan fingerprint density at radius 3 is 2.52 bits per heavy atom. The second-order valence-corrected chi connectivity index (χ2v) is 5.57. The van der Waals surface area contributed by atoms with E-state index < -0.39 is 16.7 Å². The third-order valence-electron chi connectivity index (χ3n) is 3.64. The minimum absolute atomic E-state index is 0.0348. The van der Waals surface area contributed by atoms with E-state index in [0.717, 1.165) is 12.1 Å². The van der Waals surface area contributed by atoms with Crippen LogP contribution in [0.25, 0.3) is 5.69 Å². The summed E-state index contributed by atoms with van der Waals surface area (Å²) in [5, 5.41) is 22.1. The van der Waals surface area contributed by atoms with Gasteiger partial charge in [0.25, 0.3) is 0 Å². The molecule has 11 heteroatoms. The molecule has 3 aromatic rings. The molecule has 3 rings (SSSR count). The quantitative estimate of drug-likeness (QED) is 0.497. The van der Waals surface area contributed by atoms with Crippen LogP contribution < -0.4 is 4.74 Å². The van der Waals surface area contributed by atoms with Crippen molar-refractivity contribution in [3.8, 4) is 11.4 Å². The second kappa shape index (κ2) is 7.02. The van der Waals surface area contributed by atoms with Gasteiger partial charge in [-0.1, -0.05) is 6.07 Å². The van der Waals surface area contributed by atoms with E-state index in [1.54, 1.807) is 13.0 Å². The van der Waals surface area contributed by atoms with Gasteiger partial charge in [0.15, 0.2) is 18.2 Å². The number of nitro benzene ring substituents is 1. The van der Waals surface area contributed by atoms with Crippen molar-refractivity contribution in [3.05, 3.63) is 69.5 Å². The largest absolute Gasteiger partial charge is 0.478 e. The number of nitrogens with zero attached hydrogens (tertiary/aromatic N) is 5. The minimum Gasteiger partial charge on any atom is -0.478 e. The number of hydrogen-bond donors (Lipinski definition) is 0. The Labute approximate surface area is 150 Å². The predicted octanol–water partition coefficient (Wildman–Crippen LogP) is 3.48. The van der Waals surface area contributed by atoms with Crippen molar-refractivity contribution in [2.24, 2.45) is 0 Å². The summed E-state index contributed by atoms with van der Waals surface area (Å²) in [6.07, 6.45) is -4.45. The van der Waals surface area contributed by atoms with Crippen molar-refractivity contribution in [2.75, 3.05) is 0 Å². The van der Waals surface area contributed by atoms with E-state index in [1.165, 1.54) is 28.9 Å². The average molecular weight is 379 g/mol. The zero-order valence-corrected chi connectivity index (χ0v) is 13.8. The van der Waals surface area contributed by atoms with E-state index in [2.05, 4.69) is 15.5 Å². The molecule has 0 radical (unpaired) electrons. The summed E-state index contributed by atoms with van der Waals surface area (Å²) in [5.74, 6) is 0.206. The van der Waals surface area contributed by atoms with Gasteiger partial charge >= 0.3 is 11.9 Å². The molecule has 2 aromatic carbocycles. The van der Waals surface area contributed by atoms with Crippen molar-refractivity contribution in [3.63, 3.8) is 0 Å². The number of aromatic nitrogens is 4. The number of alkyl halides is 3. The van der Waals surface area contributed by atoms with Gasteiger partial charge < -0.3 is 4.74 Å². The Kier molecular flexibility index (Phi) is 4.75. The molecule has 140 valence electrons. The van der Waals surface area contributed by atoms with Crippen LogP contribution in [0.1, 0.15) is 17.0 Å². The van der Waals surface area contributed by atoms with Crippen LogP contribution in [0.3, 0.4) is 0 Å². The third kappa shape index (κ3) is 4.02. The molecule has 27 heavy (non-hydrogen) atoms. The summed E-state index contributed by atoms with van der Waals surface area (Å²) in [5.41, 5.74) is -0.00963. The SMILES string of the molecule is Cc1ccc(OCc2nnnn2-c2ccc(C(F)(F)F)cc2)c([N+](=O)[O-])c1. The zero-order valence-electron chi connectivity index (χ0n) is 13.8. The fourth-order valence-corrected chi connectivity index (χ4v) is 2.32. The number of halogens is 3. The first-order chi connectivity index (χ1) is 12.8. The van der Waals surface area contributed by atoms with E-state index in [9.17, 15) is 23.3 Å². The smallest absolute Gasteiger partial charge is 0.416 e. The molecule has 0 aliphatic carbocycles. The number of aryl methyl sites for hydroxylation is 1. The van der Waals surface area contributed by atoms with Crippen LogP contribution in [0.4, 0.5) is 18.9 Å². The van der Waals surface area contributed by atoms with E-state index in [-0.39, 0.29) is 23.9 Å². The summed E-state index contributed by atoms with van der Waals surface area (Å²) in [4.78, 5) is 10.6. The molecule has 0 atom stereocenters. The fraction of sp³-hybridized carbons (Fsp3) is 0.188. The van der Waals surface area contributed by atoms with E-state index in [0.29, 0.717) is 11.3 Å². The number of benzene rings is 2. The zero-order chi connectivity index (χ0) is 19.6. The molecule has 0 saturated carbocycles. The summed E-state index contributed by atoms with van der Waals surface area (Å²) in [6.45, 7) is 1.50. The van der Waals surface area contributed by atoms with E-state index in [1.807, 2.05) is 0 Å². The molecule has 0 fully saturated rings. The summed E-state index contributed by atoms with van der Waals surface area (Å²) in [7, 11) is 0. The van der Waals surface area contributed by atoms with Gasteiger partial charge in [-0.25, -0.2) is 0 Å². The maximum atomic E-state index is 12.7. The van der Waals surface area contributed by atoms with Gasteiger partial charge in [-0.3, -0.25) is 10.1 Å². The van der Waals surface area contributed by atoms with Gasteiger partial charge in [-0.2, -0.15) is 17.9 Å². The van der Waals surface area contributed by atoms with Gasteiger partial charge in [0.2, 0.25) is 0 Å². The Balaban J connectivity index is 1.82.